The maximum absolute atomic E-state index is 12.5. The van der Waals surface area contributed by atoms with E-state index in [0.29, 0.717) is 47.8 Å². The Morgan fingerprint density at radius 3 is 2.60 bits per heavy atom. The third kappa shape index (κ3) is 5.21. The lowest BCUT2D eigenvalue weighted by molar-refractivity contribution is -0.114. The van der Waals surface area contributed by atoms with Crippen LogP contribution in [0.25, 0.3) is 6.08 Å². The number of benzene rings is 2. The number of methoxy groups -OCH3 is 1. The van der Waals surface area contributed by atoms with E-state index in [9.17, 15) is 4.79 Å². The molecule has 2 aliphatic rings. The van der Waals surface area contributed by atoms with Crippen molar-refractivity contribution in [3.63, 3.8) is 0 Å². The molecule has 0 aromatic heterocycles. The molecule has 1 amide bonds. The largest absolute Gasteiger partial charge is 0.493 e. The number of nitrogens with one attached hydrogen (secondary N) is 1. The molecular weight excluding hydrogens is 446 g/mol. The molecule has 35 heavy (non-hydrogen) atoms. The van der Waals surface area contributed by atoms with Crippen LogP contribution in [0.2, 0.25) is 0 Å². The van der Waals surface area contributed by atoms with Gasteiger partial charge in [-0.15, -0.1) is 5.06 Å². The molecule has 1 unspecified atom stereocenters. The molecule has 2 aromatic rings. The molecule has 8 heteroatoms. The van der Waals surface area contributed by atoms with Gasteiger partial charge < -0.3 is 19.0 Å². The predicted molar refractivity (Wildman–Crippen MR) is 134 cm³/mol. The number of hydrogen-bond donors (Lipinski definition) is 1. The fourth-order valence-corrected chi connectivity index (χ4v) is 3.80. The van der Waals surface area contributed by atoms with Gasteiger partial charge in [-0.3, -0.25) is 10.2 Å². The zero-order valence-corrected chi connectivity index (χ0v) is 20.3. The zero-order valence-electron chi connectivity index (χ0n) is 20.3. The Bertz CT molecular complexity index is 1230. The third-order valence-electron chi connectivity index (χ3n) is 5.84. The van der Waals surface area contributed by atoms with E-state index in [1.165, 1.54) is 10.6 Å². The zero-order chi connectivity index (χ0) is 24.9. The molecule has 0 saturated heterocycles. The number of hydrogen-bond acceptors (Lipinski definition) is 6. The van der Waals surface area contributed by atoms with Gasteiger partial charge >= 0.3 is 0 Å². The summed E-state index contributed by atoms with van der Waals surface area (Å²) in [6.45, 7) is 6.81. The van der Waals surface area contributed by atoms with E-state index in [2.05, 4.69) is 24.9 Å². The Morgan fingerprint density at radius 1 is 1.11 bits per heavy atom. The maximum Gasteiger partial charge on any atom is 0.282 e. The number of nitrogens with zero attached hydrogens (tertiary/aromatic N) is 2. The summed E-state index contributed by atoms with van der Waals surface area (Å²) in [4.78, 5) is 21.9. The van der Waals surface area contributed by atoms with Gasteiger partial charge in [0.15, 0.2) is 23.2 Å². The molecule has 2 aliphatic heterocycles. The summed E-state index contributed by atoms with van der Waals surface area (Å²) in [7, 11) is 1.55. The van der Waals surface area contributed by atoms with Gasteiger partial charge in [-0.05, 0) is 54.7 Å². The van der Waals surface area contributed by atoms with Crippen molar-refractivity contribution in [3.8, 4) is 17.2 Å². The van der Waals surface area contributed by atoms with Crippen molar-refractivity contribution in [2.45, 2.75) is 33.1 Å². The minimum absolute atomic E-state index is 0.0674. The summed E-state index contributed by atoms with van der Waals surface area (Å²) in [6, 6.07) is 13.4. The molecule has 0 bridgehead atoms. The number of hydroxylamine groups is 2. The number of aliphatic imine (C=N–C) groups is 1. The highest BCUT2D eigenvalue weighted by atomic mass is 16.7. The molecule has 0 saturated carbocycles. The van der Waals surface area contributed by atoms with Crippen LogP contribution >= 0.6 is 0 Å². The van der Waals surface area contributed by atoms with Gasteiger partial charge in [0.1, 0.15) is 24.7 Å². The second-order valence-electron chi connectivity index (χ2n) is 8.28. The number of carbonyl (C=O) groups excluding carboxylic acids is 1. The fraction of sp³-hybridized carbons (Fsp3) is 0.296. The lowest BCUT2D eigenvalue weighted by Gasteiger charge is -2.23. The number of amides is 1. The van der Waals surface area contributed by atoms with E-state index in [-0.39, 0.29) is 11.4 Å². The highest BCUT2D eigenvalue weighted by molar-refractivity contribution is 6.32. The number of amidine groups is 2. The molecule has 2 aromatic carbocycles. The Labute approximate surface area is 204 Å². The molecule has 0 radical (unpaired) electrons. The minimum Gasteiger partial charge on any atom is -0.493 e. The molecule has 1 N–H and O–H groups in total. The predicted octanol–water partition coefficient (Wildman–Crippen LogP) is 5.12. The average Bonchev–Trinajstić information content (AvgIpc) is 3.24. The molecule has 2 heterocycles. The summed E-state index contributed by atoms with van der Waals surface area (Å²) >= 11 is 0. The molecule has 182 valence electrons. The first-order chi connectivity index (χ1) is 16.9. The molecular formula is C27H29N3O5. The van der Waals surface area contributed by atoms with E-state index < -0.39 is 5.91 Å². The lowest BCUT2D eigenvalue weighted by atomic mass is 9.98. The number of para-hydroxylation sites is 1. The van der Waals surface area contributed by atoms with Gasteiger partial charge in [-0.1, -0.05) is 38.1 Å². The van der Waals surface area contributed by atoms with E-state index in [4.69, 9.17) is 24.5 Å². The topological polar surface area (TPSA) is 93.4 Å². The molecule has 8 nitrogen and oxygen atoms in total. The molecule has 0 fully saturated rings. The van der Waals surface area contributed by atoms with Gasteiger partial charge in [-0.25, -0.2) is 0 Å². The summed E-state index contributed by atoms with van der Waals surface area (Å²) < 4.78 is 17.4. The Morgan fingerprint density at radius 2 is 1.86 bits per heavy atom. The van der Waals surface area contributed by atoms with E-state index >= 15 is 0 Å². The molecule has 4 rings (SSSR count). The van der Waals surface area contributed by atoms with Crippen LogP contribution in [0.5, 0.6) is 17.2 Å². The minimum atomic E-state index is -0.495. The highest BCUT2D eigenvalue weighted by Gasteiger charge is 2.34. The summed E-state index contributed by atoms with van der Waals surface area (Å²) in [5.74, 6) is 2.67. The smallest absolute Gasteiger partial charge is 0.282 e. The number of allylic oxidation sites excluding steroid dienone is 1. The van der Waals surface area contributed by atoms with E-state index in [1.807, 2.05) is 18.2 Å². The first kappa shape index (κ1) is 24.1. The SMILES string of the molecule is CCC(C)c1ccccc1OCCOc1ccc(/C=C2/C(=N)N3OC(C)=CC3=NC2=O)cc1OC. The Kier molecular flexibility index (Phi) is 7.19. The van der Waals surface area contributed by atoms with Crippen LogP contribution in [-0.2, 0) is 9.63 Å². The van der Waals surface area contributed by atoms with E-state index in [1.54, 1.807) is 44.4 Å². The quantitative estimate of drug-likeness (QED) is 0.400. The van der Waals surface area contributed by atoms with Gasteiger partial charge in [-0.2, -0.15) is 4.99 Å². The van der Waals surface area contributed by atoms with Crippen molar-refractivity contribution < 1.29 is 23.8 Å². The van der Waals surface area contributed by atoms with Crippen molar-refractivity contribution in [2.24, 2.45) is 4.99 Å². The van der Waals surface area contributed by atoms with Crippen LogP contribution in [0.1, 0.15) is 44.2 Å². The van der Waals surface area contributed by atoms with Gasteiger partial charge in [0, 0.05) is 6.08 Å². The van der Waals surface area contributed by atoms with Crippen LogP contribution in [0.3, 0.4) is 0 Å². The van der Waals surface area contributed by atoms with Crippen molar-refractivity contribution in [3.05, 3.63) is 71.0 Å². The number of fused-ring (bicyclic) bond motifs is 1. The second-order valence-corrected chi connectivity index (χ2v) is 8.28. The maximum atomic E-state index is 12.5. The highest BCUT2D eigenvalue weighted by Crippen LogP contribution is 2.31. The van der Waals surface area contributed by atoms with Crippen LogP contribution in [0.15, 0.2) is 64.9 Å². The lowest BCUT2D eigenvalue weighted by Crippen LogP contribution is -2.38. The molecule has 1 atom stereocenters. The van der Waals surface area contributed by atoms with Crippen LogP contribution < -0.4 is 14.2 Å². The first-order valence-electron chi connectivity index (χ1n) is 11.5. The Hall–Kier alpha value is -4.07. The van der Waals surface area contributed by atoms with Gasteiger partial charge in [0.25, 0.3) is 5.91 Å². The second kappa shape index (κ2) is 10.5. The summed E-state index contributed by atoms with van der Waals surface area (Å²) in [6.07, 6.45) is 4.24. The number of carbonyl (C=O) groups is 1. The van der Waals surface area contributed by atoms with Crippen LogP contribution in [-0.4, -0.2) is 43.0 Å². The number of ether oxygens (including phenoxy) is 3. The van der Waals surface area contributed by atoms with Crippen molar-refractivity contribution in [1.82, 2.24) is 5.06 Å². The third-order valence-corrected chi connectivity index (χ3v) is 5.84. The standard InChI is InChI=1S/C27H29N3O5/c1-5-17(2)20-8-6-7-9-22(20)33-12-13-34-23-11-10-19(16-24(23)32-4)15-21-26(28)30-25(29-27(21)31)14-18(3)35-30/h6-11,14-17,28H,5,12-13H2,1-4H3/b21-15-,28-26?. The monoisotopic (exact) mass is 475 g/mol. The van der Waals surface area contributed by atoms with Gasteiger partial charge in [0.05, 0.1) is 12.7 Å². The fourth-order valence-electron chi connectivity index (χ4n) is 3.80. The molecule has 0 aliphatic carbocycles. The first-order valence-corrected chi connectivity index (χ1v) is 11.5. The van der Waals surface area contributed by atoms with Crippen molar-refractivity contribution in [2.75, 3.05) is 20.3 Å². The summed E-state index contributed by atoms with van der Waals surface area (Å²) in [5, 5.41) is 9.58. The number of rotatable bonds is 9. The van der Waals surface area contributed by atoms with Crippen molar-refractivity contribution in [1.29, 1.82) is 5.41 Å². The normalized spacial score (nSPS) is 16.9. The van der Waals surface area contributed by atoms with E-state index in [0.717, 1.165) is 12.2 Å². The Balaban J connectivity index is 1.42. The summed E-state index contributed by atoms with van der Waals surface area (Å²) in [5.41, 5.74) is 1.99. The molecule has 0 spiro atoms. The average molecular weight is 476 g/mol. The van der Waals surface area contributed by atoms with Crippen LogP contribution in [0.4, 0.5) is 0 Å². The van der Waals surface area contributed by atoms with Gasteiger partial charge in [0.2, 0.25) is 0 Å². The van der Waals surface area contributed by atoms with Crippen LogP contribution in [0, 0.1) is 5.41 Å². The van der Waals surface area contributed by atoms with Crippen molar-refractivity contribution >= 4 is 23.7 Å².